The van der Waals surface area contributed by atoms with Crippen molar-refractivity contribution in [2.24, 2.45) is 0 Å². The molecule has 0 bridgehead atoms. The van der Waals surface area contributed by atoms with E-state index in [1.807, 2.05) is 48.9 Å². The number of amides is 1. The van der Waals surface area contributed by atoms with E-state index < -0.39 is 6.04 Å². The number of hydrogen-bond acceptors (Lipinski definition) is 4. The fourth-order valence-electron chi connectivity index (χ4n) is 3.34. The number of halogens is 1. The van der Waals surface area contributed by atoms with Crippen molar-refractivity contribution in [3.63, 3.8) is 0 Å². The number of ether oxygens (including phenoxy) is 1. The van der Waals surface area contributed by atoms with Crippen LogP contribution in [0.15, 0.2) is 54.6 Å². The third-order valence-corrected chi connectivity index (χ3v) is 5.11. The Hall–Kier alpha value is -2.83. The van der Waals surface area contributed by atoms with Crippen molar-refractivity contribution in [2.75, 3.05) is 19.0 Å². The van der Waals surface area contributed by atoms with Crippen LogP contribution in [0, 0.1) is 13.8 Å². The zero-order valence-electron chi connectivity index (χ0n) is 17.5. The van der Waals surface area contributed by atoms with Crippen molar-refractivity contribution in [1.82, 2.24) is 15.1 Å². The molecule has 1 atom stereocenters. The monoisotopic (exact) mass is 426 g/mol. The van der Waals surface area contributed by atoms with Gasteiger partial charge in [-0.05, 0) is 56.6 Å². The number of methoxy groups -OCH3 is 1. The first-order chi connectivity index (χ1) is 14.5. The highest BCUT2D eigenvalue weighted by molar-refractivity contribution is 6.32. The Labute approximate surface area is 182 Å². The lowest BCUT2D eigenvalue weighted by Gasteiger charge is -2.19. The number of rotatable bonds is 9. The minimum atomic E-state index is -0.479. The maximum Gasteiger partial charge on any atom is 0.246 e. The highest BCUT2D eigenvalue weighted by Gasteiger charge is 2.20. The van der Waals surface area contributed by atoms with E-state index in [4.69, 9.17) is 16.3 Å². The standard InChI is InChI=1S/C23H27ClN4O2/c1-16-14-17(2)28(27-16)13-7-12-25-22(18-8-5-4-6-9-18)23(29)26-19-10-11-21(30-3)20(24)15-19/h4-6,8-11,14-15,22,25H,7,12-13H2,1-3H3,(H,26,29)/t22-/m1/s1. The molecule has 1 heterocycles. The van der Waals surface area contributed by atoms with Gasteiger partial charge in [-0.1, -0.05) is 41.9 Å². The van der Waals surface area contributed by atoms with Gasteiger partial charge in [0.25, 0.3) is 0 Å². The minimum absolute atomic E-state index is 0.145. The molecular formula is C23H27ClN4O2. The van der Waals surface area contributed by atoms with Crippen molar-refractivity contribution >= 4 is 23.2 Å². The van der Waals surface area contributed by atoms with E-state index in [2.05, 4.69) is 21.8 Å². The van der Waals surface area contributed by atoms with Crippen LogP contribution >= 0.6 is 11.6 Å². The second kappa shape index (κ2) is 10.3. The predicted molar refractivity (Wildman–Crippen MR) is 120 cm³/mol. The third kappa shape index (κ3) is 5.62. The van der Waals surface area contributed by atoms with E-state index in [0.717, 1.165) is 29.9 Å². The summed E-state index contributed by atoms with van der Waals surface area (Å²) in [6, 6.07) is 16.5. The molecule has 158 valence electrons. The van der Waals surface area contributed by atoms with Gasteiger partial charge in [0, 0.05) is 17.9 Å². The van der Waals surface area contributed by atoms with Crippen LogP contribution in [0.25, 0.3) is 0 Å². The van der Waals surface area contributed by atoms with Gasteiger partial charge in [0.1, 0.15) is 11.8 Å². The van der Waals surface area contributed by atoms with Gasteiger partial charge in [-0.3, -0.25) is 9.48 Å². The molecule has 2 N–H and O–H groups in total. The molecule has 0 spiro atoms. The average molecular weight is 427 g/mol. The summed E-state index contributed by atoms with van der Waals surface area (Å²) < 4.78 is 7.16. The van der Waals surface area contributed by atoms with Crippen LogP contribution in [0.2, 0.25) is 5.02 Å². The molecule has 0 aliphatic rings. The molecule has 6 nitrogen and oxygen atoms in total. The lowest BCUT2D eigenvalue weighted by Crippen LogP contribution is -2.34. The Balaban J connectivity index is 1.65. The molecule has 0 saturated heterocycles. The van der Waals surface area contributed by atoms with Crippen LogP contribution in [0.3, 0.4) is 0 Å². The summed E-state index contributed by atoms with van der Waals surface area (Å²) in [5.41, 5.74) is 3.68. The molecule has 1 aromatic heterocycles. The van der Waals surface area contributed by atoms with Gasteiger partial charge in [0.05, 0.1) is 17.8 Å². The SMILES string of the molecule is COc1ccc(NC(=O)[C@H](NCCCn2nc(C)cc2C)c2ccccc2)cc1Cl. The number of hydrogen-bond donors (Lipinski definition) is 2. The summed E-state index contributed by atoms with van der Waals surface area (Å²) in [5.74, 6) is 0.421. The molecule has 2 aromatic carbocycles. The van der Waals surface area contributed by atoms with Crippen LogP contribution in [-0.4, -0.2) is 29.3 Å². The first-order valence-corrected chi connectivity index (χ1v) is 10.3. The average Bonchev–Trinajstić information content (AvgIpc) is 3.05. The van der Waals surface area contributed by atoms with Gasteiger partial charge >= 0.3 is 0 Å². The van der Waals surface area contributed by atoms with Crippen LogP contribution in [0.4, 0.5) is 5.69 Å². The number of aryl methyl sites for hydroxylation is 3. The number of anilines is 1. The molecule has 1 amide bonds. The Morgan fingerprint density at radius 2 is 1.93 bits per heavy atom. The molecule has 3 rings (SSSR count). The zero-order valence-corrected chi connectivity index (χ0v) is 18.2. The second-order valence-corrected chi connectivity index (χ2v) is 7.55. The maximum atomic E-state index is 13.0. The third-order valence-electron chi connectivity index (χ3n) is 4.81. The Bertz CT molecular complexity index is 988. The topological polar surface area (TPSA) is 68.2 Å². The lowest BCUT2D eigenvalue weighted by atomic mass is 10.1. The van der Waals surface area contributed by atoms with Crippen molar-refractivity contribution in [2.45, 2.75) is 32.9 Å². The number of nitrogens with zero attached hydrogens (tertiary/aromatic N) is 2. The normalized spacial score (nSPS) is 11.9. The summed E-state index contributed by atoms with van der Waals surface area (Å²) in [5, 5.41) is 11.3. The molecule has 0 saturated carbocycles. The number of aromatic nitrogens is 2. The fourth-order valence-corrected chi connectivity index (χ4v) is 3.60. The fraction of sp³-hybridized carbons (Fsp3) is 0.304. The van der Waals surface area contributed by atoms with Gasteiger partial charge in [-0.15, -0.1) is 0 Å². The van der Waals surface area contributed by atoms with Crippen molar-refractivity contribution in [1.29, 1.82) is 0 Å². The van der Waals surface area contributed by atoms with Crippen molar-refractivity contribution in [3.05, 3.63) is 76.6 Å². The van der Waals surface area contributed by atoms with E-state index in [9.17, 15) is 4.79 Å². The quantitative estimate of drug-likeness (QED) is 0.493. The highest BCUT2D eigenvalue weighted by Crippen LogP contribution is 2.27. The van der Waals surface area contributed by atoms with Crippen molar-refractivity contribution < 1.29 is 9.53 Å². The van der Waals surface area contributed by atoms with E-state index >= 15 is 0 Å². The summed E-state index contributed by atoms with van der Waals surface area (Å²) in [6.45, 7) is 5.51. The molecule has 0 aliphatic heterocycles. The summed E-state index contributed by atoms with van der Waals surface area (Å²) >= 11 is 6.18. The van der Waals surface area contributed by atoms with Crippen molar-refractivity contribution in [3.8, 4) is 5.75 Å². The van der Waals surface area contributed by atoms with E-state index in [1.54, 1.807) is 25.3 Å². The summed E-state index contributed by atoms with van der Waals surface area (Å²) in [4.78, 5) is 13.0. The van der Waals surface area contributed by atoms with Gasteiger partial charge < -0.3 is 15.4 Å². The van der Waals surface area contributed by atoms with Crippen LogP contribution in [0.1, 0.15) is 29.4 Å². The maximum absolute atomic E-state index is 13.0. The van der Waals surface area contributed by atoms with Gasteiger partial charge in [-0.2, -0.15) is 5.10 Å². The highest BCUT2D eigenvalue weighted by atomic mass is 35.5. The Kier molecular flexibility index (Phi) is 7.49. The number of carbonyl (C=O) groups excluding carboxylic acids is 1. The number of carbonyl (C=O) groups is 1. The van der Waals surface area contributed by atoms with Crippen LogP contribution < -0.4 is 15.4 Å². The van der Waals surface area contributed by atoms with Gasteiger partial charge in [0.2, 0.25) is 5.91 Å². The number of nitrogens with one attached hydrogen (secondary N) is 2. The smallest absolute Gasteiger partial charge is 0.246 e. The zero-order chi connectivity index (χ0) is 21.5. The number of benzene rings is 2. The minimum Gasteiger partial charge on any atom is -0.495 e. The molecule has 3 aromatic rings. The molecular weight excluding hydrogens is 400 g/mol. The first kappa shape index (κ1) is 21.9. The molecule has 0 fully saturated rings. The molecule has 7 heteroatoms. The first-order valence-electron chi connectivity index (χ1n) is 9.91. The predicted octanol–water partition coefficient (Wildman–Crippen LogP) is 4.52. The van der Waals surface area contributed by atoms with E-state index in [0.29, 0.717) is 23.0 Å². The van der Waals surface area contributed by atoms with E-state index in [-0.39, 0.29) is 5.91 Å². The molecule has 0 aliphatic carbocycles. The lowest BCUT2D eigenvalue weighted by molar-refractivity contribution is -0.118. The van der Waals surface area contributed by atoms with Crippen LogP contribution in [0.5, 0.6) is 5.75 Å². The molecule has 0 radical (unpaired) electrons. The van der Waals surface area contributed by atoms with Gasteiger partial charge in [0.15, 0.2) is 0 Å². The summed E-state index contributed by atoms with van der Waals surface area (Å²) in [6.07, 6.45) is 0.854. The Morgan fingerprint density at radius 3 is 2.57 bits per heavy atom. The van der Waals surface area contributed by atoms with Gasteiger partial charge in [-0.25, -0.2) is 0 Å². The second-order valence-electron chi connectivity index (χ2n) is 7.14. The van der Waals surface area contributed by atoms with Crippen LogP contribution in [-0.2, 0) is 11.3 Å². The van der Waals surface area contributed by atoms with E-state index in [1.165, 1.54) is 0 Å². The molecule has 30 heavy (non-hydrogen) atoms. The molecule has 0 unspecified atom stereocenters. The Morgan fingerprint density at radius 1 is 1.17 bits per heavy atom. The summed E-state index contributed by atoms with van der Waals surface area (Å²) in [7, 11) is 1.56. The largest absolute Gasteiger partial charge is 0.495 e.